The number of hydrogen-bond acceptors (Lipinski definition) is 5. The van der Waals surface area contributed by atoms with E-state index in [2.05, 4.69) is 0 Å². The first kappa shape index (κ1) is 16.5. The fourth-order valence-corrected chi connectivity index (χ4v) is 1.81. The number of furan rings is 1. The molecule has 0 amide bonds. The van der Waals surface area contributed by atoms with Gasteiger partial charge >= 0.3 is 5.97 Å². The van der Waals surface area contributed by atoms with Gasteiger partial charge in [-0.25, -0.2) is 9.18 Å². The van der Waals surface area contributed by atoms with E-state index in [1.165, 1.54) is 19.3 Å². The van der Waals surface area contributed by atoms with Crippen LogP contribution >= 0.6 is 0 Å². The second kappa shape index (κ2) is 7.92. The number of methoxy groups -OCH3 is 1. The zero-order valence-corrected chi connectivity index (χ0v) is 12.4. The number of nitrogens with zero attached hydrogens (tertiary/aromatic N) is 1. The molecule has 0 fully saturated rings. The molecule has 1 heterocycles. The number of nitriles is 1. The Hall–Kier alpha value is -2.91. The molecule has 118 valence electrons. The van der Waals surface area contributed by atoms with Crippen LogP contribution in [0.2, 0.25) is 0 Å². The van der Waals surface area contributed by atoms with E-state index in [4.69, 9.17) is 19.2 Å². The number of esters is 1. The van der Waals surface area contributed by atoms with Crippen LogP contribution in [0.5, 0.6) is 0 Å². The van der Waals surface area contributed by atoms with Crippen molar-refractivity contribution in [2.75, 3.05) is 20.3 Å². The molecule has 0 aliphatic carbocycles. The summed E-state index contributed by atoms with van der Waals surface area (Å²) < 4.78 is 28.8. The molecular formula is C17H14FNO4. The second-order valence-electron chi connectivity index (χ2n) is 4.48. The average molecular weight is 315 g/mol. The molecule has 0 bridgehead atoms. The van der Waals surface area contributed by atoms with E-state index in [1.807, 2.05) is 0 Å². The van der Waals surface area contributed by atoms with Crippen molar-refractivity contribution in [1.29, 1.82) is 5.26 Å². The third-order valence-corrected chi connectivity index (χ3v) is 2.91. The first-order chi connectivity index (χ1) is 11.2. The first-order valence-corrected chi connectivity index (χ1v) is 6.78. The highest BCUT2D eigenvalue weighted by Crippen LogP contribution is 2.25. The molecule has 5 nitrogen and oxygen atoms in total. The predicted octanol–water partition coefficient (Wildman–Crippen LogP) is 3.18. The van der Waals surface area contributed by atoms with Crippen LogP contribution in [0.1, 0.15) is 5.76 Å². The van der Waals surface area contributed by atoms with Gasteiger partial charge in [0.05, 0.1) is 12.2 Å². The van der Waals surface area contributed by atoms with E-state index in [0.29, 0.717) is 11.3 Å². The van der Waals surface area contributed by atoms with Gasteiger partial charge in [0.25, 0.3) is 0 Å². The number of carbonyl (C=O) groups excluding carboxylic acids is 1. The Kier molecular flexibility index (Phi) is 5.67. The summed E-state index contributed by atoms with van der Waals surface area (Å²) in [5.41, 5.74) is 0.0869. The summed E-state index contributed by atoms with van der Waals surface area (Å²) in [5, 5.41) is 9.03. The van der Waals surface area contributed by atoms with Crippen LogP contribution in [0, 0.1) is 17.1 Å². The summed E-state index contributed by atoms with van der Waals surface area (Å²) in [7, 11) is 1.47. The van der Waals surface area contributed by atoms with Crippen LogP contribution in [0.4, 0.5) is 4.39 Å². The van der Waals surface area contributed by atoms with E-state index >= 15 is 0 Å². The van der Waals surface area contributed by atoms with Gasteiger partial charge in [0, 0.05) is 13.2 Å². The first-order valence-electron chi connectivity index (χ1n) is 6.78. The van der Waals surface area contributed by atoms with Crippen molar-refractivity contribution in [3.63, 3.8) is 0 Å². The molecule has 1 aromatic carbocycles. The Morgan fingerprint density at radius 3 is 2.78 bits per heavy atom. The molecule has 0 unspecified atom stereocenters. The molecular weight excluding hydrogens is 301 g/mol. The minimum absolute atomic E-state index is 0.0486. The van der Waals surface area contributed by atoms with Crippen LogP contribution in [0.3, 0.4) is 0 Å². The maximum absolute atomic E-state index is 13.7. The minimum atomic E-state index is -0.770. The van der Waals surface area contributed by atoms with Crippen LogP contribution < -0.4 is 0 Å². The van der Waals surface area contributed by atoms with Gasteiger partial charge in [-0.05, 0) is 24.3 Å². The van der Waals surface area contributed by atoms with Gasteiger partial charge in [-0.1, -0.05) is 12.1 Å². The summed E-state index contributed by atoms with van der Waals surface area (Å²) in [6.07, 6.45) is 1.25. The van der Waals surface area contributed by atoms with Crippen LogP contribution in [0.15, 0.2) is 46.4 Å². The number of ether oxygens (including phenoxy) is 2. The zero-order chi connectivity index (χ0) is 16.7. The highest BCUT2D eigenvalue weighted by molar-refractivity contribution is 5.97. The number of hydrogen-bond donors (Lipinski definition) is 0. The maximum Gasteiger partial charge on any atom is 0.349 e. The number of halogens is 1. The van der Waals surface area contributed by atoms with Gasteiger partial charge in [0.1, 0.15) is 35.6 Å². The molecule has 2 rings (SSSR count). The largest absolute Gasteiger partial charge is 0.459 e. The smallest absolute Gasteiger partial charge is 0.349 e. The van der Waals surface area contributed by atoms with Crippen LogP contribution in [-0.4, -0.2) is 26.3 Å². The van der Waals surface area contributed by atoms with Crippen molar-refractivity contribution in [2.24, 2.45) is 0 Å². The van der Waals surface area contributed by atoms with E-state index in [0.717, 1.165) is 0 Å². The highest BCUT2D eigenvalue weighted by Gasteiger charge is 2.13. The Labute approximate surface area is 132 Å². The van der Waals surface area contributed by atoms with Crippen molar-refractivity contribution in [3.8, 4) is 17.4 Å². The number of carbonyl (C=O) groups is 1. The van der Waals surface area contributed by atoms with Crippen molar-refractivity contribution >= 4 is 12.0 Å². The number of benzene rings is 1. The van der Waals surface area contributed by atoms with E-state index in [-0.39, 0.29) is 24.5 Å². The van der Waals surface area contributed by atoms with Gasteiger partial charge < -0.3 is 13.9 Å². The number of rotatable bonds is 6. The molecule has 0 radical (unpaired) electrons. The van der Waals surface area contributed by atoms with Gasteiger partial charge in [0.2, 0.25) is 0 Å². The monoisotopic (exact) mass is 315 g/mol. The van der Waals surface area contributed by atoms with Gasteiger partial charge in [0.15, 0.2) is 0 Å². The second-order valence-corrected chi connectivity index (χ2v) is 4.48. The summed E-state index contributed by atoms with van der Waals surface area (Å²) >= 11 is 0. The lowest BCUT2D eigenvalue weighted by Gasteiger charge is -2.02. The standard InChI is InChI=1S/C17H14FNO4/c1-21-8-9-22-17(20)12(11-19)10-13-6-7-16(23-13)14-4-2-3-5-15(14)18/h2-7,10H,8-9H2,1H3/b12-10+. The molecule has 0 N–H and O–H groups in total. The van der Waals surface area contributed by atoms with E-state index in [1.54, 1.807) is 36.4 Å². The SMILES string of the molecule is COCCOC(=O)/C(C#N)=C/c1ccc(-c2ccccc2F)o1. The summed E-state index contributed by atoms with van der Waals surface area (Å²) in [6.45, 7) is 0.287. The molecule has 6 heteroatoms. The third kappa shape index (κ3) is 4.28. The Morgan fingerprint density at radius 2 is 2.09 bits per heavy atom. The molecule has 0 aliphatic rings. The molecule has 0 aliphatic heterocycles. The summed E-state index contributed by atoms with van der Waals surface area (Å²) in [5.74, 6) is -0.631. The average Bonchev–Trinajstić information content (AvgIpc) is 3.01. The Balaban J connectivity index is 2.17. The quantitative estimate of drug-likeness (QED) is 0.354. The lowest BCUT2D eigenvalue weighted by Crippen LogP contribution is -2.11. The predicted molar refractivity (Wildman–Crippen MR) is 80.5 cm³/mol. The van der Waals surface area contributed by atoms with Crippen molar-refractivity contribution in [3.05, 3.63) is 53.5 Å². The molecule has 0 saturated carbocycles. The lowest BCUT2D eigenvalue weighted by molar-refractivity contribution is -0.139. The van der Waals surface area contributed by atoms with Crippen molar-refractivity contribution in [1.82, 2.24) is 0 Å². The van der Waals surface area contributed by atoms with Gasteiger partial charge in [-0.2, -0.15) is 5.26 Å². The Morgan fingerprint density at radius 1 is 1.30 bits per heavy atom. The summed E-state index contributed by atoms with van der Waals surface area (Å²) in [4.78, 5) is 11.7. The summed E-state index contributed by atoms with van der Waals surface area (Å²) in [6, 6.07) is 11.0. The molecule has 0 spiro atoms. The van der Waals surface area contributed by atoms with E-state index in [9.17, 15) is 9.18 Å². The van der Waals surface area contributed by atoms with Crippen LogP contribution in [0.25, 0.3) is 17.4 Å². The molecule has 0 saturated heterocycles. The fraction of sp³-hybridized carbons (Fsp3) is 0.176. The molecule has 0 atom stereocenters. The zero-order valence-electron chi connectivity index (χ0n) is 12.4. The lowest BCUT2D eigenvalue weighted by atomic mass is 10.1. The van der Waals surface area contributed by atoms with Crippen LogP contribution in [-0.2, 0) is 14.3 Å². The molecule has 2 aromatic rings. The highest BCUT2D eigenvalue weighted by atomic mass is 19.1. The van der Waals surface area contributed by atoms with Crippen molar-refractivity contribution in [2.45, 2.75) is 0 Å². The topological polar surface area (TPSA) is 72.5 Å². The Bertz CT molecular complexity index is 758. The fourth-order valence-electron chi connectivity index (χ4n) is 1.81. The molecule has 1 aromatic heterocycles. The molecule has 23 heavy (non-hydrogen) atoms. The third-order valence-electron chi connectivity index (χ3n) is 2.91. The van der Waals surface area contributed by atoms with Crippen molar-refractivity contribution < 1.29 is 23.1 Å². The van der Waals surface area contributed by atoms with Gasteiger partial charge in [-0.3, -0.25) is 0 Å². The normalized spacial score (nSPS) is 11.1. The van der Waals surface area contributed by atoms with E-state index < -0.39 is 11.8 Å². The van der Waals surface area contributed by atoms with Gasteiger partial charge in [-0.15, -0.1) is 0 Å². The minimum Gasteiger partial charge on any atom is -0.459 e. The maximum atomic E-state index is 13.7.